The summed E-state index contributed by atoms with van der Waals surface area (Å²) in [5, 5.41) is 17.0. The second-order valence-corrected chi connectivity index (χ2v) is 8.46. The molecule has 5 nitrogen and oxygen atoms in total. The highest BCUT2D eigenvalue weighted by atomic mass is 19.1. The first-order chi connectivity index (χ1) is 15.3. The Morgan fingerprint density at radius 3 is 2.41 bits per heavy atom. The van der Waals surface area contributed by atoms with Crippen LogP contribution in [0.4, 0.5) is 8.78 Å². The molecular formula is C25H27F2N3O2. The van der Waals surface area contributed by atoms with E-state index in [2.05, 4.69) is 22.8 Å². The minimum absolute atomic E-state index is 0.118. The number of aromatic nitrogens is 1. The number of rotatable bonds is 9. The Labute approximate surface area is 186 Å². The number of halogens is 2. The van der Waals surface area contributed by atoms with E-state index >= 15 is 0 Å². The summed E-state index contributed by atoms with van der Waals surface area (Å²) in [5.74, 6) is -1.69. The molecule has 32 heavy (non-hydrogen) atoms. The summed E-state index contributed by atoms with van der Waals surface area (Å²) in [5.41, 5.74) is 2.35. The third kappa shape index (κ3) is 5.23. The van der Waals surface area contributed by atoms with Crippen molar-refractivity contribution < 1.29 is 18.7 Å². The first-order valence-electron chi connectivity index (χ1n) is 10.7. The number of nitrogens with zero attached hydrogens (tertiary/aromatic N) is 1. The summed E-state index contributed by atoms with van der Waals surface area (Å²) in [6, 6.07) is 14.8. The molecular weight excluding hydrogens is 412 g/mol. The van der Waals surface area contributed by atoms with Gasteiger partial charge in [-0.05, 0) is 66.8 Å². The van der Waals surface area contributed by atoms with E-state index in [1.165, 1.54) is 19.1 Å². The Kier molecular flexibility index (Phi) is 6.39. The topological polar surface area (TPSA) is 66.3 Å². The van der Waals surface area contributed by atoms with Gasteiger partial charge in [0.05, 0.1) is 12.1 Å². The number of carbonyl (C=O) groups excluding carboxylic acids is 1. The van der Waals surface area contributed by atoms with Crippen LogP contribution >= 0.6 is 0 Å². The van der Waals surface area contributed by atoms with E-state index in [4.69, 9.17) is 0 Å². The first-order valence-corrected chi connectivity index (χ1v) is 10.7. The largest absolute Gasteiger partial charge is 0.390 e. The third-order valence-electron chi connectivity index (χ3n) is 5.93. The van der Waals surface area contributed by atoms with Gasteiger partial charge in [0.25, 0.3) is 0 Å². The van der Waals surface area contributed by atoms with Gasteiger partial charge in [0, 0.05) is 43.2 Å². The van der Waals surface area contributed by atoms with Gasteiger partial charge in [-0.2, -0.15) is 0 Å². The van der Waals surface area contributed by atoms with E-state index in [1.807, 2.05) is 41.2 Å². The molecule has 3 aromatic rings. The number of nitrogens with one attached hydrogen (secondary N) is 2. The quantitative estimate of drug-likeness (QED) is 0.479. The lowest BCUT2D eigenvalue weighted by Crippen LogP contribution is -2.49. The fourth-order valence-corrected chi connectivity index (χ4v) is 4.13. The van der Waals surface area contributed by atoms with Gasteiger partial charge in [-0.3, -0.25) is 4.79 Å². The normalized spacial score (nSPS) is 16.4. The number of amides is 1. The molecule has 0 spiro atoms. The number of benzene rings is 2. The summed E-state index contributed by atoms with van der Waals surface area (Å²) in [4.78, 5) is 11.7. The van der Waals surface area contributed by atoms with E-state index < -0.39 is 23.8 Å². The van der Waals surface area contributed by atoms with Crippen LogP contribution < -0.4 is 10.6 Å². The minimum atomic E-state index is -0.935. The molecule has 1 heterocycles. The zero-order valence-corrected chi connectivity index (χ0v) is 17.9. The van der Waals surface area contributed by atoms with E-state index in [-0.39, 0.29) is 24.4 Å². The molecule has 1 saturated carbocycles. The Hall–Kier alpha value is -3.03. The predicted molar refractivity (Wildman–Crippen MR) is 118 cm³/mol. The van der Waals surface area contributed by atoms with Crippen LogP contribution in [-0.2, 0) is 16.8 Å². The highest BCUT2D eigenvalue weighted by Gasteiger charge is 2.44. The van der Waals surface area contributed by atoms with Gasteiger partial charge in [-0.15, -0.1) is 0 Å². The summed E-state index contributed by atoms with van der Waals surface area (Å²) < 4.78 is 29.2. The monoisotopic (exact) mass is 439 g/mol. The lowest BCUT2D eigenvalue weighted by atomic mass is 9.99. The van der Waals surface area contributed by atoms with E-state index in [0.29, 0.717) is 5.56 Å². The van der Waals surface area contributed by atoms with Crippen molar-refractivity contribution in [2.75, 3.05) is 6.54 Å². The van der Waals surface area contributed by atoms with Gasteiger partial charge >= 0.3 is 0 Å². The summed E-state index contributed by atoms with van der Waals surface area (Å²) >= 11 is 0. The van der Waals surface area contributed by atoms with Crippen LogP contribution in [0.2, 0.25) is 0 Å². The average Bonchev–Trinajstić information content (AvgIpc) is 3.33. The molecule has 0 aliphatic heterocycles. The zero-order chi connectivity index (χ0) is 22.7. The van der Waals surface area contributed by atoms with E-state index in [1.54, 1.807) is 0 Å². The number of hydrogen-bond acceptors (Lipinski definition) is 3. The lowest BCUT2D eigenvalue weighted by Gasteiger charge is -2.27. The molecule has 3 N–H and O–H groups in total. The molecule has 0 bridgehead atoms. The summed E-state index contributed by atoms with van der Waals surface area (Å²) in [6.07, 6.45) is 5.04. The number of carbonyl (C=O) groups is 1. The first kappa shape index (κ1) is 22.2. The molecule has 7 heteroatoms. The van der Waals surface area contributed by atoms with Crippen molar-refractivity contribution in [2.24, 2.45) is 0 Å². The van der Waals surface area contributed by atoms with Crippen LogP contribution in [0.3, 0.4) is 0 Å². The van der Waals surface area contributed by atoms with Gasteiger partial charge < -0.3 is 20.3 Å². The molecule has 1 aromatic heterocycles. The van der Waals surface area contributed by atoms with Crippen molar-refractivity contribution in [3.05, 3.63) is 89.8 Å². The molecule has 4 rings (SSSR count). The van der Waals surface area contributed by atoms with Crippen LogP contribution in [0, 0.1) is 11.6 Å². The maximum atomic E-state index is 13.6. The minimum Gasteiger partial charge on any atom is -0.390 e. The number of aliphatic hydroxyl groups excluding tert-OH is 1. The Bertz CT molecular complexity index is 1060. The van der Waals surface area contributed by atoms with Gasteiger partial charge in [-0.25, -0.2) is 8.78 Å². The Morgan fingerprint density at radius 1 is 1.09 bits per heavy atom. The van der Waals surface area contributed by atoms with Crippen molar-refractivity contribution in [2.45, 2.75) is 43.9 Å². The van der Waals surface area contributed by atoms with E-state index in [0.717, 1.165) is 30.2 Å². The van der Waals surface area contributed by atoms with Gasteiger partial charge in [0.15, 0.2) is 0 Å². The van der Waals surface area contributed by atoms with Crippen molar-refractivity contribution >= 4 is 5.91 Å². The fraction of sp³-hybridized carbons (Fsp3) is 0.320. The molecule has 2 atom stereocenters. The van der Waals surface area contributed by atoms with E-state index in [9.17, 15) is 18.7 Å². The zero-order valence-electron chi connectivity index (χ0n) is 17.9. The Balaban J connectivity index is 1.45. The third-order valence-corrected chi connectivity index (χ3v) is 5.93. The highest BCUT2D eigenvalue weighted by molar-refractivity contribution is 5.73. The van der Waals surface area contributed by atoms with Gasteiger partial charge in [0.2, 0.25) is 5.91 Å². The molecule has 0 radical (unpaired) electrons. The van der Waals surface area contributed by atoms with Crippen molar-refractivity contribution in [3.8, 4) is 5.69 Å². The predicted octanol–water partition coefficient (Wildman–Crippen LogP) is 3.44. The second kappa shape index (κ2) is 9.22. The molecule has 1 fully saturated rings. The molecule has 2 aromatic carbocycles. The van der Waals surface area contributed by atoms with Crippen LogP contribution in [0.1, 0.15) is 30.9 Å². The SMILES string of the molecule is CC(=O)NC(Cc1cc(F)cc(F)c1)C(O)CNC1(c2cccc(-n3cccc3)c2)CC1. The smallest absolute Gasteiger partial charge is 0.217 e. The molecule has 168 valence electrons. The maximum absolute atomic E-state index is 13.6. The molecule has 1 aliphatic rings. The highest BCUT2D eigenvalue weighted by Crippen LogP contribution is 2.45. The van der Waals surface area contributed by atoms with Crippen molar-refractivity contribution in [1.82, 2.24) is 15.2 Å². The van der Waals surface area contributed by atoms with Gasteiger partial charge in [-0.1, -0.05) is 12.1 Å². The van der Waals surface area contributed by atoms with Crippen LogP contribution in [0.25, 0.3) is 5.69 Å². The summed E-state index contributed by atoms with van der Waals surface area (Å²) in [6.45, 7) is 1.59. The van der Waals surface area contributed by atoms with Crippen molar-refractivity contribution in [1.29, 1.82) is 0 Å². The summed E-state index contributed by atoms with van der Waals surface area (Å²) in [7, 11) is 0. The van der Waals surface area contributed by atoms with Gasteiger partial charge in [0.1, 0.15) is 11.6 Å². The van der Waals surface area contributed by atoms with Crippen LogP contribution in [0.5, 0.6) is 0 Å². The maximum Gasteiger partial charge on any atom is 0.217 e. The van der Waals surface area contributed by atoms with Crippen molar-refractivity contribution in [3.63, 3.8) is 0 Å². The fourth-order valence-electron chi connectivity index (χ4n) is 4.13. The number of aliphatic hydroxyl groups is 1. The molecule has 0 saturated heterocycles. The molecule has 1 amide bonds. The Morgan fingerprint density at radius 2 is 1.78 bits per heavy atom. The van der Waals surface area contributed by atoms with Crippen LogP contribution in [-0.4, -0.2) is 34.3 Å². The standard InChI is InChI=1S/C25H27F2N3O2/c1-17(31)29-23(13-18-11-20(26)15-21(27)12-18)24(32)16-28-25(7-8-25)19-5-4-6-22(14-19)30-9-2-3-10-30/h2-6,9-12,14-15,23-24,28,32H,7-8,13,16H2,1H3,(H,29,31). The number of hydrogen-bond donors (Lipinski definition) is 3. The average molecular weight is 440 g/mol. The lowest BCUT2D eigenvalue weighted by molar-refractivity contribution is -0.120. The second-order valence-electron chi connectivity index (χ2n) is 8.46. The van der Waals surface area contributed by atoms with Crippen LogP contribution in [0.15, 0.2) is 67.0 Å². The molecule has 2 unspecified atom stereocenters. The molecule has 1 aliphatic carbocycles.